The summed E-state index contributed by atoms with van der Waals surface area (Å²) >= 11 is 1.34. The molecule has 0 radical (unpaired) electrons. The maximum atomic E-state index is 12.6. The van der Waals surface area contributed by atoms with Crippen molar-refractivity contribution >= 4 is 33.3 Å². The molecule has 7 heteroatoms. The first kappa shape index (κ1) is 17.9. The van der Waals surface area contributed by atoms with Gasteiger partial charge in [-0.3, -0.25) is 14.9 Å². The number of methoxy groups -OCH3 is 1. The molecule has 1 amide bonds. The summed E-state index contributed by atoms with van der Waals surface area (Å²) in [6, 6.07) is 14.3. The Morgan fingerprint density at radius 3 is 2.64 bits per heavy atom. The molecule has 0 spiro atoms. The number of aryl methyl sites for hydroxylation is 1. The number of carbonyl (C=O) groups is 1. The van der Waals surface area contributed by atoms with Crippen LogP contribution in [0.3, 0.4) is 0 Å². The van der Waals surface area contributed by atoms with Gasteiger partial charge in [-0.25, -0.2) is 4.98 Å². The number of anilines is 1. The highest BCUT2D eigenvalue weighted by Gasteiger charge is 2.17. The number of nitrogens with one attached hydrogen (secondary N) is 1. The Balaban J connectivity index is 1.62. The number of carbonyl (C=O) groups excluding carboxylic acids is 1. The fourth-order valence-corrected chi connectivity index (χ4v) is 3.70. The van der Waals surface area contributed by atoms with Crippen molar-refractivity contribution in [2.75, 3.05) is 12.4 Å². The van der Waals surface area contributed by atoms with Crippen molar-refractivity contribution in [2.24, 2.45) is 0 Å². The van der Waals surface area contributed by atoms with Crippen molar-refractivity contribution in [3.05, 3.63) is 75.5 Å². The number of hydrogen-bond donors (Lipinski definition) is 1. The molecule has 2 heterocycles. The van der Waals surface area contributed by atoms with Crippen LogP contribution in [0.4, 0.5) is 5.13 Å². The minimum Gasteiger partial charge on any atom is -0.497 e. The summed E-state index contributed by atoms with van der Waals surface area (Å²) in [7, 11) is 1.61. The molecule has 0 saturated heterocycles. The van der Waals surface area contributed by atoms with Crippen LogP contribution in [0.1, 0.15) is 15.2 Å². The first-order valence-corrected chi connectivity index (χ1v) is 9.32. The molecule has 2 aromatic heterocycles. The van der Waals surface area contributed by atoms with Crippen LogP contribution in [0.5, 0.6) is 5.75 Å². The Morgan fingerprint density at radius 1 is 1.14 bits per heavy atom. The van der Waals surface area contributed by atoms with Gasteiger partial charge < -0.3 is 9.15 Å². The quantitative estimate of drug-likeness (QED) is 0.554. The molecule has 0 aliphatic heterocycles. The lowest BCUT2D eigenvalue weighted by Crippen LogP contribution is -2.21. The second kappa shape index (κ2) is 7.28. The van der Waals surface area contributed by atoms with Gasteiger partial charge in [0.2, 0.25) is 5.43 Å². The number of rotatable bonds is 4. The van der Waals surface area contributed by atoms with Crippen molar-refractivity contribution in [3.8, 4) is 17.0 Å². The van der Waals surface area contributed by atoms with E-state index < -0.39 is 5.91 Å². The summed E-state index contributed by atoms with van der Waals surface area (Å²) < 4.78 is 10.6. The topological polar surface area (TPSA) is 81.4 Å². The molecule has 0 bridgehead atoms. The Hall–Kier alpha value is -3.45. The van der Waals surface area contributed by atoms with Gasteiger partial charge in [-0.1, -0.05) is 12.1 Å². The van der Waals surface area contributed by atoms with Gasteiger partial charge in [0, 0.05) is 10.4 Å². The highest BCUT2D eigenvalue weighted by Crippen LogP contribution is 2.31. The predicted octanol–water partition coefficient (Wildman–Crippen LogP) is 4.49. The van der Waals surface area contributed by atoms with E-state index in [2.05, 4.69) is 10.3 Å². The molecule has 1 N–H and O–H groups in total. The molecule has 140 valence electrons. The number of hydrogen-bond acceptors (Lipinski definition) is 6. The number of thiazole rings is 1. The number of aromatic nitrogens is 1. The van der Waals surface area contributed by atoms with Crippen LogP contribution >= 0.6 is 11.3 Å². The maximum absolute atomic E-state index is 12.6. The largest absolute Gasteiger partial charge is 0.497 e. The van der Waals surface area contributed by atoms with Gasteiger partial charge in [-0.05, 0) is 43.3 Å². The summed E-state index contributed by atoms with van der Waals surface area (Å²) in [6.45, 7) is 1.93. The molecule has 0 aliphatic carbocycles. The van der Waals surface area contributed by atoms with Gasteiger partial charge in [-0.2, -0.15) is 0 Å². The van der Waals surface area contributed by atoms with Crippen molar-refractivity contribution in [1.29, 1.82) is 0 Å². The monoisotopic (exact) mass is 392 g/mol. The first-order chi connectivity index (χ1) is 13.6. The summed E-state index contributed by atoms with van der Waals surface area (Å²) in [5, 5.41) is 3.48. The molecule has 0 saturated carbocycles. The second-order valence-corrected chi connectivity index (χ2v) is 7.28. The minimum atomic E-state index is -0.547. The second-order valence-electron chi connectivity index (χ2n) is 6.08. The lowest BCUT2D eigenvalue weighted by molar-refractivity contribution is 0.102. The Labute approximate surface area is 164 Å². The van der Waals surface area contributed by atoms with E-state index >= 15 is 0 Å². The number of para-hydroxylation sites is 1. The van der Waals surface area contributed by atoms with Crippen molar-refractivity contribution < 1.29 is 13.9 Å². The molecule has 0 fully saturated rings. The van der Waals surface area contributed by atoms with Crippen molar-refractivity contribution in [3.63, 3.8) is 0 Å². The molecule has 4 aromatic rings. The molecule has 0 aliphatic rings. The molecule has 28 heavy (non-hydrogen) atoms. The van der Waals surface area contributed by atoms with Gasteiger partial charge >= 0.3 is 0 Å². The standard InChI is InChI=1S/C21H16N2O4S/c1-12-18(13-7-9-14(26-2)10-8-13)22-21(28-12)23-20(25)16-11-27-17-6-4-3-5-15(17)19(16)24/h3-11H,1-2H3,(H,22,23,25). The Bertz CT molecular complexity index is 1230. The Morgan fingerprint density at radius 2 is 1.89 bits per heavy atom. The molecule has 2 aromatic carbocycles. The van der Waals surface area contributed by atoms with Gasteiger partial charge in [0.05, 0.1) is 18.2 Å². The predicted molar refractivity (Wildman–Crippen MR) is 109 cm³/mol. The van der Waals surface area contributed by atoms with E-state index in [4.69, 9.17) is 9.15 Å². The number of amides is 1. The first-order valence-electron chi connectivity index (χ1n) is 8.50. The highest BCUT2D eigenvalue weighted by molar-refractivity contribution is 7.16. The lowest BCUT2D eigenvalue weighted by atomic mass is 10.1. The molecule has 6 nitrogen and oxygen atoms in total. The number of nitrogens with zero attached hydrogens (tertiary/aromatic N) is 1. The fourth-order valence-electron chi connectivity index (χ4n) is 2.87. The van der Waals surface area contributed by atoms with E-state index in [-0.39, 0.29) is 11.0 Å². The van der Waals surface area contributed by atoms with Crippen LogP contribution in [0.2, 0.25) is 0 Å². The average molecular weight is 392 g/mol. The van der Waals surface area contributed by atoms with E-state index in [1.54, 1.807) is 31.4 Å². The van der Waals surface area contributed by atoms with Gasteiger partial charge in [0.15, 0.2) is 5.13 Å². The zero-order valence-electron chi connectivity index (χ0n) is 15.2. The SMILES string of the molecule is COc1ccc(-c2nc(NC(=O)c3coc4ccccc4c3=O)sc2C)cc1. The summed E-state index contributed by atoms with van der Waals surface area (Å²) in [4.78, 5) is 30.6. The smallest absolute Gasteiger partial charge is 0.264 e. The maximum Gasteiger partial charge on any atom is 0.264 e. The summed E-state index contributed by atoms with van der Waals surface area (Å²) in [5.74, 6) is 0.211. The number of fused-ring (bicyclic) bond motifs is 1. The van der Waals surface area contributed by atoms with Gasteiger partial charge in [0.1, 0.15) is 23.2 Å². The van der Waals surface area contributed by atoms with Crippen molar-refractivity contribution in [2.45, 2.75) is 6.92 Å². The number of ether oxygens (including phenoxy) is 1. The summed E-state index contributed by atoms with van der Waals surface area (Å²) in [6.07, 6.45) is 1.19. The van der Waals surface area contributed by atoms with E-state index in [1.807, 2.05) is 31.2 Å². The van der Waals surface area contributed by atoms with Crippen molar-refractivity contribution in [1.82, 2.24) is 4.98 Å². The third-order valence-electron chi connectivity index (χ3n) is 4.31. The van der Waals surface area contributed by atoms with E-state index in [1.165, 1.54) is 17.6 Å². The van der Waals surface area contributed by atoms with Crippen LogP contribution in [0.15, 0.2) is 64.0 Å². The zero-order valence-corrected chi connectivity index (χ0v) is 16.0. The van der Waals surface area contributed by atoms with Crippen LogP contribution in [0, 0.1) is 6.92 Å². The third-order valence-corrected chi connectivity index (χ3v) is 5.19. The Kier molecular flexibility index (Phi) is 4.67. The van der Waals surface area contributed by atoms with Gasteiger partial charge in [-0.15, -0.1) is 11.3 Å². The average Bonchev–Trinajstić information content (AvgIpc) is 3.08. The van der Waals surface area contributed by atoms with Crippen LogP contribution in [0.25, 0.3) is 22.2 Å². The normalized spacial score (nSPS) is 10.8. The fraction of sp³-hybridized carbons (Fsp3) is 0.0952. The molecular weight excluding hydrogens is 376 g/mol. The third kappa shape index (κ3) is 3.27. The lowest BCUT2D eigenvalue weighted by Gasteiger charge is -2.03. The van der Waals surface area contributed by atoms with E-state index in [0.717, 1.165) is 21.9 Å². The highest BCUT2D eigenvalue weighted by atomic mass is 32.1. The van der Waals surface area contributed by atoms with E-state index in [9.17, 15) is 9.59 Å². The molecule has 0 atom stereocenters. The number of benzene rings is 2. The van der Waals surface area contributed by atoms with Crippen LogP contribution in [-0.4, -0.2) is 18.0 Å². The van der Waals surface area contributed by atoms with E-state index in [0.29, 0.717) is 16.1 Å². The molecule has 4 rings (SSSR count). The molecular formula is C21H16N2O4S. The zero-order chi connectivity index (χ0) is 19.7. The van der Waals surface area contributed by atoms with Gasteiger partial charge in [0.25, 0.3) is 5.91 Å². The minimum absolute atomic E-state index is 0.0578. The molecule has 0 unspecified atom stereocenters. The summed E-state index contributed by atoms with van der Waals surface area (Å²) in [5.41, 5.74) is 1.70. The van der Waals surface area contributed by atoms with Crippen LogP contribution in [-0.2, 0) is 0 Å². The van der Waals surface area contributed by atoms with Crippen LogP contribution < -0.4 is 15.5 Å².